The highest BCUT2D eigenvalue weighted by atomic mass is 32.2. The Morgan fingerprint density at radius 3 is 2.22 bits per heavy atom. The molecule has 2 heterocycles. The van der Waals surface area contributed by atoms with E-state index < -0.39 is 24.2 Å². The zero-order valence-electron chi connectivity index (χ0n) is 14.7. The largest absolute Gasteiger partial charge is 0.451 e. The fourth-order valence-corrected chi connectivity index (χ4v) is 4.73. The zero-order valence-corrected chi connectivity index (χ0v) is 15.5. The van der Waals surface area contributed by atoms with E-state index in [1.54, 1.807) is 0 Å². The summed E-state index contributed by atoms with van der Waals surface area (Å²) in [7, 11) is 0. The lowest BCUT2D eigenvalue weighted by Gasteiger charge is -2.51. The van der Waals surface area contributed by atoms with Crippen LogP contribution in [0.2, 0.25) is 0 Å². The first kappa shape index (κ1) is 17.8. The summed E-state index contributed by atoms with van der Waals surface area (Å²) in [4.78, 5) is 26.8. The molecule has 6 heteroatoms. The number of amides is 1. The van der Waals surface area contributed by atoms with Crippen molar-refractivity contribution in [2.24, 2.45) is 5.73 Å². The number of thioether (sulfide) groups is 1. The highest BCUT2D eigenvalue weighted by molar-refractivity contribution is 8.00. The van der Waals surface area contributed by atoms with Crippen LogP contribution in [0, 0.1) is 0 Å². The molecule has 2 aliphatic heterocycles. The van der Waals surface area contributed by atoms with Crippen molar-refractivity contribution >= 4 is 23.6 Å². The van der Waals surface area contributed by atoms with Crippen molar-refractivity contribution in [2.45, 2.75) is 23.6 Å². The molecule has 2 fully saturated rings. The Bertz CT molecular complexity index is 832. The second-order valence-electron chi connectivity index (χ2n) is 6.67. The molecule has 0 saturated carbocycles. The lowest BCUT2D eigenvalue weighted by atomic mass is 9.98. The molecule has 27 heavy (non-hydrogen) atoms. The standard InChI is InChI=1S/C21H20N2O3S/c1-13-12-27-20-16(22)19(24)23(20)17(13)21(25)26-18(14-8-4-2-5-9-14)15-10-6-3-7-11-15/h2-11,16-18,20H,1,12,22H2/t16-,17-,20-/m1/s1. The van der Waals surface area contributed by atoms with Gasteiger partial charge in [0, 0.05) is 5.75 Å². The van der Waals surface area contributed by atoms with Gasteiger partial charge in [-0.2, -0.15) is 0 Å². The van der Waals surface area contributed by atoms with Crippen molar-refractivity contribution in [2.75, 3.05) is 5.75 Å². The lowest BCUT2D eigenvalue weighted by Crippen LogP contribution is -2.73. The van der Waals surface area contributed by atoms with Crippen LogP contribution < -0.4 is 5.73 Å². The molecule has 138 valence electrons. The number of carbonyl (C=O) groups excluding carboxylic acids is 2. The minimum Gasteiger partial charge on any atom is -0.451 e. The molecule has 0 spiro atoms. The topological polar surface area (TPSA) is 72.6 Å². The molecule has 3 atom stereocenters. The number of hydrogen-bond donors (Lipinski definition) is 1. The Labute approximate surface area is 162 Å². The number of nitrogens with zero attached hydrogens (tertiary/aromatic N) is 1. The van der Waals surface area contributed by atoms with Crippen LogP contribution in [0.25, 0.3) is 0 Å². The van der Waals surface area contributed by atoms with Crippen molar-refractivity contribution in [3.8, 4) is 0 Å². The molecule has 0 radical (unpaired) electrons. The number of ether oxygens (including phenoxy) is 1. The average Bonchev–Trinajstić information content (AvgIpc) is 2.72. The number of rotatable bonds is 4. The normalized spacial score (nSPS) is 24.4. The third-order valence-corrected chi connectivity index (χ3v) is 6.29. The van der Waals surface area contributed by atoms with Gasteiger partial charge in [0.25, 0.3) is 0 Å². The smallest absolute Gasteiger partial charge is 0.334 e. The van der Waals surface area contributed by atoms with Gasteiger partial charge in [0.15, 0.2) is 12.1 Å². The molecular weight excluding hydrogens is 360 g/mol. The molecule has 2 aliphatic rings. The van der Waals surface area contributed by atoms with E-state index in [4.69, 9.17) is 10.5 Å². The van der Waals surface area contributed by atoms with Crippen molar-refractivity contribution < 1.29 is 14.3 Å². The number of esters is 1. The van der Waals surface area contributed by atoms with Gasteiger partial charge in [0.2, 0.25) is 5.91 Å². The molecule has 2 saturated heterocycles. The molecule has 2 aromatic carbocycles. The number of β-lactam (4-membered cyclic amide) rings is 1. The van der Waals surface area contributed by atoms with Gasteiger partial charge in [0.05, 0.1) is 0 Å². The van der Waals surface area contributed by atoms with Gasteiger partial charge in [-0.05, 0) is 16.7 Å². The second kappa shape index (κ2) is 7.21. The summed E-state index contributed by atoms with van der Waals surface area (Å²) >= 11 is 1.54. The van der Waals surface area contributed by atoms with Crippen LogP contribution >= 0.6 is 11.8 Å². The van der Waals surface area contributed by atoms with Gasteiger partial charge in [-0.1, -0.05) is 67.2 Å². The van der Waals surface area contributed by atoms with Gasteiger partial charge in [-0.15, -0.1) is 11.8 Å². The summed E-state index contributed by atoms with van der Waals surface area (Å²) in [5, 5.41) is -0.188. The molecule has 2 N–H and O–H groups in total. The minimum atomic E-state index is -0.779. The molecule has 5 nitrogen and oxygen atoms in total. The van der Waals surface area contributed by atoms with Crippen molar-refractivity contribution in [3.63, 3.8) is 0 Å². The quantitative estimate of drug-likeness (QED) is 0.501. The summed E-state index contributed by atoms with van der Waals surface area (Å²) in [6.45, 7) is 3.99. The van der Waals surface area contributed by atoms with Crippen LogP contribution in [-0.4, -0.2) is 40.0 Å². The summed E-state index contributed by atoms with van der Waals surface area (Å²) < 4.78 is 5.92. The van der Waals surface area contributed by atoms with E-state index in [2.05, 4.69) is 6.58 Å². The molecule has 0 aromatic heterocycles. The Balaban J connectivity index is 1.62. The molecule has 2 aromatic rings. The molecule has 0 aliphatic carbocycles. The first-order chi connectivity index (χ1) is 13.1. The molecule has 1 amide bonds. The zero-order chi connectivity index (χ0) is 19.0. The number of benzene rings is 2. The summed E-state index contributed by atoms with van der Waals surface area (Å²) in [5.41, 5.74) is 8.28. The van der Waals surface area contributed by atoms with Gasteiger partial charge in [-0.3, -0.25) is 4.79 Å². The summed E-state index contributed by atoms with van der Waals surface area (Å²) in [6.07, 6.45) is -0.550. The van der Waals surface area contributed by atoms with Gasteiger partial charge in [-0.25, -0.2) is 4.79 Å². The molecule has 0 unspecified atom stereocenters. The van der Waals surface area contributed by atoms with Crippen molar-refractivity contribution in [1.29, 1.82) is 0 Å². The van der Waals surface area contributed by atoms with Crippen LogP contribution in [0.1, 0.15) is 17.2 Å². The Kier molecular flexibility index (Phi) is 4.76. The van der Waals surface area contributed by atoms with Crippen LogP contribution in [0.15, 0.2) is 72.8 Å². The molecule has 0 bridgehead atoms. The summed E-state index contributed by atoms with van der Waals surface area (Å²) in [5.74, 6) is -0.113. The van der Waals surface area contributed by atoms with Crippen LogP contribution in [-0.2, 0) is 14.3 Å². The third-order valence-electron chi connectivity index (χ3n) is 4.89. The number of fused-ring (bicyclic) bond motifs is 1. The monoisotopic (exact) mass is 380 g/mol. The highest BCUT2D eigenvalue weighted by Crippen LogP contribution is 2.40. The maximum Gasteiger partial charge on any atom is 0.334 e. The Hall–Kier alpha value is -2.57. The predicted molar refractivity (Wildman–Crippen MR) is 105 cm³/mol. The maximum atomic E-state index is 13.1. The van der Waals surface area contributed by atoms with Crippen LogP contribution in [0.5, 0.6) is 0 Å². The molecular formula is C21H20N2O3S. The van der Waals surface area contributed by atoms with Crippen molar-refractivity contribution in [3.05, 3.63) is 83.9 Å². The van der Waals surface area contributed by atoms with E-state index in [0.29, 0.717) is 11.3 Å². The van der Waals surface area contributed by atoms with E-state index in [1.807, 2.05) is 60.7 Å². The van der Waals surface area contributed by atoms with E-state index >= 15 is 0 Å². The number of hydrogen-bond acceptors (Lipinski definition) is 5. The molecule has 4 rings (SSSR count). The highest BCUT2D eigenvalue weighted by Gasteiger charge is 2.54. The Morgan fingerprint density at radius 2 is 1.67 bits per heavy atom. The Morgan fingerprint density at radius 1 is 1.11 bits per heavy atom. The third kappa shape index (κ3) is 3.15. The van der Waals surface area contributed by atoms with Crippen molar-refractivity contribution in [1.82, 2.24) is 4.90 Å². The maximum absolute atomic E-state index is 13.1. The minimum absolute atomic E-state index is 0.188. The van der Waals surface area contributed by atoms with Gasteiger partial charge >= 0.3 is 5.97 Å². The van der Waals surface area contributed by atoms with Crippen LogP contribution in [0.3, 0.4) is 0 Å². The van der Waals surface area contributed by atoms with E-state index in [-0.39, 0.29) is 11.3 Å². The van der Waals surface area contributed by atoms with E-state index in [0.717, 1.165) is 11.1 Å². The lowest BCUT2D eigenvalue weighted by molar-refractivity contribution is -0.164. The first-order valence-corrected chi connectivity index (χ1v) is 9.80. The average molecular weight is 380 g/mol. The summed E-state index contributed by atoms with van der Waals surface area (Å²) in [6, 6.07) is 17.8. The number of nitrogens with two attached hydrogens (primary N) is 1. The van der Waals surface area contributed by atoms with Gasteiger partial charge in [0.1, 0.15) is 11.4 Å². The SMILES string of the molecule is C=C1CS[C@@H]2[C@H](N)C(=O)N2[C@H]1C(=O)OC(c1ccccc1)c1ccccc1. The van der Waals surface area contributed by atoms with Gasteiger partial charge < -0.3 is 15.4 Å². The van der Waals surface area contributed by atoms with E-state index in [1.165, 1.54) is 16.7 Å². The predicted octanol–water partition coefficient (Wildman–Crippen LogP) is 2.49. The fraction of sp³-hybridized carbons (Fsp3) is 0.238. The first-order valence-electron chi connectivity index (χ1n) is 8.75. The number of carbonyl (C=O) groups is 2. The van der Waals surface area contributed by atoms with E-state index in [9.17, 15) is 9.59 Å². The fourth-order valence-electron chi connectivity index (χ4n) is 3.48. The second-order valence-corrected chi connectivity index (χ2v) is 7.78. The van der Waals surface area contributed by atoms with Crippen LogP contribution in [0.4, 0.5) is 0 Å².